The van der Waals surface area contributed by atoms with E-state index in [0.29, 0.717) is 5.95 Å². The van der Waals surface area contributed by atoms with Crippen molar-refractivity contribution in [1.29, 1.82) is 0 Å². The number of hydrogen-bond donors (Lipinski definition) is 1. The van der Waals surface area contributed by atoms with E-state index < -0.39 is 0 Å². The first-order valence-corrected chi connectivity index (χ1v) is 8.04. The molecule has 0 radical (unpaired) electrons. The molecule has 0 aliphatic rings. The number of hydrogen-bond acceptors (Lipinski definition) is 5. The topological polar surface area (TPSA) is 73.5 Å². The molecule has 7 nitrogen and oxygen atoms in total. The van der Waals surface area contributed by atoms with Gasteiger partial charge in [0.15, 0.2) is 0 Å². The number of nitrogens with zero attached hydrogens (tertiary/aromatic N) is 6. The largest absolute Gasteiger partial charge is 0.352 e. The van der Waals surface area contributed by atoms with Crippen molar-refractivity contribution in [3.05, 3.63) is 41.1 Å². The van der Waals surface area contributed by atoms with E-state index in [1.165, 1.54) is 0 Å². The third kappa shape index (κ3) is 3.15. The Kier molecular flexibility index (Phi) is 4.33. The third-order valence-electron chi connectivity index (χ3n) is 4.13. The molecular weight excluding hydrogens is 302 g/mol. The predicted octanol–water partition coefficient (Wildman–Crippen LogP) is 2.42. The molecule has 0 saturated carbocycles. The van der Waals surface area contributed by atoms with E-state index in [-0.39, 0.29) is 0 Å². The lowest BCUT2D eigenvalue weighted by Gasteiger charge is -2.08. The predicted molar refractivity (Wildman–Crippen MR) is 93.9 cm³/mol. The maximum absolute atomic E-state index is 4.63. The van der Waals surface area contributed by atoms with Gasteiger partial charge in [0.1, 0.15) is 0 Å². The fourth-order valence-corrected chi connectivity index (χ4v) is 2.90. The highest BCUT2D eigenvalue weighted by Crippen LogP contribution is 2.24. The van der Waals surface area contributed by atoms with Crippen LogP contribution < -0.4 is 5.32 Å². The molecule has 0 spiro atoms. The molecule has 0 atom stereocenters. The maximum atomic E-state index is 4.63. The van der Waals surface area contributed by atoms with Crippen molar-refractivity contribution < 1.29 is 0 Å². The molecule has 0 unspecified atom stereocenters. The first kappa shape index (κ1) is 16.2. The van der Waals surface area contributed by atoms with E-state index in [9.17, 15) is 0 Å². The van der Waals surface area contributed by atoms with Crippen LogP contribution >= 0.6 is 0 Å². The molecule has 0 aliphatic carbocycles. The first-order valence-electron chi connectivity index (χ1n) is 8.04. The average Bonchev–Trinajstić information content (AvgIpc) is 2.98. The monoisotopic (exact) mass is 325 g/mol. The van der Waals surface area contributed by atoms with Gasteiger partial charge < -0.3 is 5.32 Å². The standard InChI is InChI=1S/C17H23N7/c1-11-10-12(2)24(21-11)9-8-19-17-18-7-6-15(20-17)16-13(3)22-23(5)14(16)4/h6-7,10H,8-9H2,1-5H3,(H,18,19,20). The molecule has 0 aromatic carbocycles. The van der Waals surface area contributed by atoms with E-state index in [2.05, 4.69) is 38.5 Å². The van der Waals surface area contributed by atoms with Crippen LogP contribution in [0.2, 0.25) is 0 Å². The van der Waals surface area contributed by atoms with Gasteiger partial charge in [0.2, 0.25) is 5.95 Å². The Morgan fingerprint density at radius 1 is 1.12 bits per heavy atom. The van der Waals surface area contributed by atoms with E-state index in [4.69, 9.17) is 0 Å². The Labute approximate surface area is 141 Å². The smallest absolute Gasteiger partial charge is 0.223 e. The lowest BCUT2D eigenvalue weighted by Crippen LogP contribution is -2.14. The van der Waals surface area contributed by atoms with Crippen LogP contribution in [0, 0.1) is 27.7 Å². The van der Waals surface area contributed by atoms with Crippen molar-refractivity contribution in [2.45, 2.75) is 34.2 Å². The normalized spacial score (nSPS) is 11.0. The number of rotatable bonds is 5. The molecule has 0 fully saturated rings. The zero-order valence-electron chi connectivity index (χ0n) is 14.8. The van der Waals surface area contributed by atoms with Gasteiger partial charge in [0, 0.05) is 36.7 Å². The summed E-state index contributed by atoms with van der Waals surface area (Å²) in [7, 11) is 1.95. The molecular formula is C17H23N7. The fourth-order valence-electron chi connectivity index (χ4n) is 2.90. The van der Waals surface area contributed by atoms with Crippen LogP contribution in [0.4, 0.5) is 5.95 Å². The van der Waals surface area contributed by atoms with E-state index in [0.717, 1.165) is 47.1 Å². The summed E-state index contributed by atoms with van der Waals surface area (Å²) >= 11 is 0. The SMILES string of the molecule is Cc1cc(C)n(CCNc2nccc(-c3c(C)nn(C)c3C)n2)n1. The summed E-state index contributed by atoms with van der Waals surface area (Å²) in [5.74, 6) is 0.622. The van der Waals surface area contributed by atoms with E-state index >= 15 is 0 Å². The van der Waals surface area contributed by atoms with Crippen LogP contribution in [0.25, 0.3) is 11.3 Å². The number of anilines is 1. The third-order valence-corrected chi connectivity index (χ3v) is 4.13. The molecule has 3 rings (SSSR count). The molecule has 24 heavy (non-hydrogen) atoms. The Morgan fingerprint density at radius 3 is 2.54 bits per heavy atom. The summed E-state index contributed by atoms with van der Waals surface area (Å²) in [6.45, 7) is 9.61. The molecule has 7 heteroatoms. The van der Waals surface area contributed by atoms with Crippen LogP contribution in [0.3, 0.4) is 0 Å². The summed E-state index contributed by atoms with van der Waals surface area (Å²) in [6, 6.07) is 3.99. The van der Waals surface area contributed by atoms with Crippen molar-refractivity contribution >= 4 is 5.95 Å². The molecule has 126 valence electrons. The molecule has 0 aliphatic heterocycles. The lowest BCUT2D eigenvalue weighted by molar-refractivity contribution is 0.613. The molecule has 0 bridgehead atoms. The van der Waals surface area contributed by atoms with E-state index in [1.807, 2.05) is 43.2 Å². The zero-order valence-corrected chi connectivity index (χ0v) is 14.8. The number of nitrogens with one attached hydrogen (secondary N) is 1. The fraction of sp³-hybridized carbons (Fsp3) is 0.412. The highest BCUT2D eigenvalue weighted by molar-refractivity contribution is 5.65. The Hall–Kier alpha value is -2.70. The summed E-state index contributed by atoms with van der Waals surface area (Å²) in [5.41, 5.74) is 6.23. The van der Waals surface area contributed by atoms with Gasteiger partial charge in [-0.1, -0.05) is 0 Å². The van der Waals surface area contributed by atoms with E-state index in [1.54, 1.807) is 6.20 Å². The van der Waals surface area contributed by atoms with Gasteiger partial charge >= 0.3 is 0 Å². The van der Waals surface area contributed by atoms with Crippen molar-refractivity contribution in [2.24, 2.45) is 7.05 Å². The molecule has 1 N–H and O–H groups in total. The summed E-state index contributed by atoms with van der Waals surface area (Å²) in [5, 5.41) is 12.2. The summed E-state index contributed by atoms with van der Waals surface area (Å²) in [4.78, 5) is 8.94. The minimum atomic E-state index is 0.622. The minimum absolute atomic E-state index is 0.622. The summed E-state index contributed by atoms with van der Waals surface area (Å²) < 4.78 is 3.87. The molecule has 3 heterocycles. The average molecular weight is 325 g/mol. The number of aryl methyl sites for hydroxylation is 4. The first-order chi connectivity index (χ1) is 11.5. The van der Waals surface area contributed by atoms with Crippen LogP contribution in [-0.4, -0.2) is 36.1 Å². The van der Waals surface area contributed by atoms with Gasteiger partial charge in [0.05, 0.1) is 23.6 Å². The highest BCUT2D eigenvalue weighted by Gasteiger charge is 2.13. The minimum Gasteiger partial charge on any atom is -0.352 e. The molecule has 0 saturated heterocycles. The van der Waals surface area contributed by atoms with Crippen molar-refractivity contribution in [3.8, 4) is 11.3 Å². The Bertz CT molecular complexity index is 860. The summed E-state index contributed by atoms with van der Waals surface area (Å²) in [6.07, 6.45) is 1.78. The van der Waals surface area contributed by atoms with Crippen molar-refractivity contribution in [3.63, 3.8) is 0 Å². The quantitative estimate of drug-likeness (QED) is 0.780. The molecule has 3 aromatic heterocycles. The highest BCUT2D eigenvalue weighted by atomic mass is 15.3. The van der Waals surface area contributed by atoms with Gasteiger partial charge in [-0.15, -0.1) is 0 Å². The maximum Gasteiger partial charge on any atom is 0.223 e. The molecule has 3 aromatic rings. The van der Waals surface area contributed by atoms with Crippen LogP contribution in [0.1, 0.15) is 22.8 Å². The Morgan fingerprint density at radius 2 is 1.92 bits per heavy atom. The van der Waals surface area contributed by atoms with Crippen LogP contribution in [0.5, 0.6) is 0 Å². The lowest BCUT2D eigenvalue weighted by atomic mass is 10.1. The second kappa shape index (κ2) is 6.43. The molecule has 0 amide bonds. The van der Waals surface area contributed by atoms with Gasteiger partial charge in [0.25, 0.3) is 0 Å². The Balaban J connectivity index is 1.73. The number of aromatic nitrogens is 6. The van der Waals surface area contributed by atoms with Gasteiger partial charge in [-0.3, -0.25) is 9.36 Å². The zero-order chi connectivity index (χ0) is 17.3. The second-order valence-electron chi connectivity index (χ2n) is 6.01. The van der Waals surface area contributed by atoms with Crippen LogP contribution in [0.15, 0.2) is 18.3 Å². The van der Waals surface area contributed by atoms with Gasteiger partial charge in [-0.25, -0.2) is 9.97 Å². The van der Waals surface area contributed by atoms with Crippen LogP contribution in [-0.2, 0) is 13.6 Å². The van der Waals surface area contributed by atoms with Crippen molar-refractivity contribution in [2.75, 3.05) is 11.9 Å². The van der Waals surface area contributed by atoms with Gasteiger partial charge in [-0.2, -0.15) is 10.2 Å². The second-order valence-corrected chi connectivity index (χ2v) is 6.01. The van der Waals surface area contributed by atoms with Crippen molar-refractivity contribution in [1.82, 2.24) is 29.5 Å². The van der Waals surface area contributed by atoms with Gasteiger partial charge in [-0.05, 0) is 39.8 Å².